The summed E-state index contributed by atoms with van der Waals surface area (Å²) in [5.41, 5.74) is -0.562. The molecule has 0 saturated carbocycles. The van der Waals surface area contributed by atoms with Crippen molar-refractivity contribution in [3.8, 4) is 0 Å². The zero-order chi connectivity index (χ0) is 9.57. The minimum atomic E-state index is -0.363. The zero-order valence-corrected chi connectivity index (χ0v) is 8.56. The Morgan fingerprint density at radius 2 is 1.83 bits per heavy atom. The normalized spacial score (nSPS) is 27.2. The Morgan fingerprint density at radius 3 is 2.00 bits per heavy atom. The highest BCUT2D eigenvalue weighted by Gasteiger charge is 2.49. The number of hydrogen-bond acceptors (Lipinski definition) is 2. The van der Waals surface area contributed by atoms with Crippen molar-refractivity contribution in [2.24, 2.45) is 0 Å². The maximum Gasteiger partial charge on any atom is 0.241 e. The van der Waals surface area contributed by atoms with E-state index >= 15 is 0 Å². The van der Waals surface area contributed by atoms with Crippen molar-refractivity contribution in [1.29, 1.82) is 0 Å². The van der Waals surface area contributed by atoms with Crippen LogP contribution in [0.15, 0.2) is 0 Å². The lowest BCUT2D eigenvalue weighted by Gasteiger charge is -2.36. The van der Waals surface area contributed by atoms with E-state index in [4.69, 9.17) is 0 Å². The molecule has 1 heterocycles. The van der Waals surface area contributed by atoms with Crippen molar-refractivity contribution in [1.82, 2.24) is 10.2 Å². The minimum absolute atomic E-state index is 0.120. The molecule has 0 aromatic rings. The standard InChI is InChI=1S/C9H18N2O/c1-6-11-8(2,3)7(12)10-9(11,4)5/h6H2,1-5H3,(H,10,12). The van der Waals surface area contributed by atoms with Crippen LogP contribution >= 0.6 is 0 Å². The van der Waals surface area contributed by atoms with Crippen LogP contribution in [0, 0.1) is 0 Å². The van der Waals surface area contributed by atoms with Gasteiger partial charge in [-0.25, -0.2) is 0 Å². The average Bonchev–Trinajstić information content (AvgIpc) is 1.99. The first-order valence-electron chi connectivity index (χ1n) is 4.42. The van der Waals surface area contributed by atoms with E-state index in [0.29, 0.717) is 0 Å². The molecule has 70 valence electrons. The van der Waals surface area contributed by atoms with E-state index in [-0.39, 0.29) is 17.1 Å². The highest BCUT2D eigenvalue weighted by molar-refractivity contribution is 5.88. The summed E-state index contributed by atoms with van der Waals surface area (Å²) in [6.07, 6.45) is 0. The van der Waals surface area contributed by atoms with Gasteiger partial charge in [-0.2, -0.15) is 0 Å². The SMILES string of the molecule is CCN1C(C)(C)NC(=O)C1(C)C. The number of likely N-dealkylation sites (N-methyl/N-ethyl adjacent to an activating group) is 1. The van der Waals surface area contributed by atoms with Crippen LogP contribution in [0.5, 0.6) is 0 Å². The van der Waals surface area contributed by atoms with Crippen molar-refractivity contribution < 1.29 is 4.79 Å². The zero-order valence-electron chi connectivity index (χ0n) is 8.56. The molecule has 0 atom stereocenters. The van der Waals surface area contributed by atoms with E-state index in [2.05, 4.69) is 17.1 Å². The van der Waals surface area contributed by atoms with Crippen LogP contribution in [0.25, 0.3) is 0 Å². The Labute approximate surface area is 74.1 Å². The van der Waals surface area contributed by atoms with Gasteiger partial charge in [0.25, 0.3) is 0 Å². The number of amides is 1. The summed E-state index contributed by atoms with van der Waals surface area (Å²) in [6, 6.07) is 0. The van der Waals surface area contributed by atoms with E-state index < -0.39 is 0 Å². The molecule has 1 rings (SSSR count). The second-order valence-corrected chi connectivity index (χ2v) is 4.32. The Morgan fingerprint density at radius 1 is 1.33 bits per heavy atom. The van der Waals surface area contributed by atoms with Gasteiger partial charge in [0.2, 0.25) is 5.91 Å². The maximum absolute atomic E-state index is 11.5. The van der Waals surface area contributed by atoms with E-state index in [1.54, 1.807) is 0 Å². The molecule has 0 unspecified atom stereocenters. The summed E-state index contributed by atoms with van der Waals surface area (Å²) >= 11 is 0. The first kappa shape index (κ1) is 9.52. The van der Waals surface area contributed by atoms with Crippen LogP contribution in [-0.4, -0.2) is 28.6 Å². The van der Waals surface area contributed by atoms with Crippen molar-refractivity contribution in [3.05, 3.63) is 0 Å². The molecule has 1 aliphatic heterocycles. The van der Waals surface area contributed by atoms with Gasteiger partial charge in [-0.15, -0.1) is 0 Å². The van der Waals surface area contributed by atoms with Crippen LogP contribution in [0.1, 0.15) is 34.6 Å². The molecule has 1 aliphatic rings. The van der Waals surface area contributed by atoms with E-state index in [0.717, 1.165) is 6.54 Å². The summed E-state index contributed by atoms with van der Waals surface area (Å²) in [5.74, 6) is 0.120. The third kappa shape index (κ3) is 1.12. The minimum Gasteiger partial charge on any atom is -0.337 e. The lowest BCUT2D eigenvalue weighted by atomic mass is 10.0. The Hall–Kier alpha value is -0.570. The molecular formula is C9H18N2O. The van der Waals surface area contributed by atoms with Crippen LogP contribution in [0.4, 0.5) is 0 Å². The van der Waals surface area contributed by atoms with Gasteiger partial charge >= 0.3 is 0 Å². The fourth-order valence-electron chi connectivity index (χ4n) is 2.11. The van der Waals surface area contributed by atoms with Crippen molar-refractivity contribution in [2.45, 2.75) is 45.8 Å². The fraction of sp³-hybridized carbons (Fsp3) is 0.889. The lowest BCUT2D eigenvalue weighted by molar-refractivity contribution is -0.125. The molecule has 0 bridgehead atoms. The van der Waals surface area contributed by atoms with Gasteiger partial charge in [0.1, 0.15) is 0 Å². The fourth-order valence-corrected chi connectivity index (χ4v) is 2.11. The Bertz CT molecular complexity index is 209. The van der Waals surface area contributed by atoms with Crippen molar-refractivity contribution in [3.63, 3.8) is 0 Å². The highest BCUT2D eigenvalue weighted by atomic mass is 16.2. The number of rotatable bonds is 1. The van der Waals surface area contributed by atoms with Gasteiger partial charge in [-0.05, 0) is 34.2 Å². The largest absolute Gasteiger partial charge is 0.337 e. The second kappa shape index (κ2) is 2.46. The van der Waals surface area contributed by atoms with Crippen molar-refractivity contribution >= 4 is 5.91 Å². The summed E-state index contributed by atoms with van der Waals surface area (Å²) < 4.78 is 0. The van der Waals surface area contributed by atoms with Crippen LogP contribution in [0.2, 0.25) is 0 Å². The van der Waals surface area contributed by atoms with Crippen molar-refractivity contribution in [2.75, 3.05) is 6.54 Å². The third-order valence-corrected chi connectivity index (χ3v) is 2.64. The number of nitrogens with one attached hydrogen (secondary N) is 1. The molecule has 1 saturated heterocycles. The first-order chi connectivity index (χ1) is 5.32. The number of nitrogens with zero attached hydrogens (tertiary/aromatic N) is 1. The van der Waals surface area contributed by atoms with Gasteiger partial charge in [0.05, 0.1) is 11.2 Å². The Kier molecular flexibility index (Phi) is 1.95. The van der Waals surface area contributed by atoms with Crippen LogP contribution < -0.4 is 5.32 Å². The van der Waals surface area contributed by atoms with Gasteiger partial charge in [0, 0.05) is 0 Å². The number of carbonyl (C=O) groups is 1. The average molecular weight is 170 g/mol. The molecule has 0 radical (unpaired) electrons. The molecule has 0 spiro atoms. The molecular weight excluding hydrogens is 152 g/mol. The highest BCUT2D eigenvalue weighted by Crippen LogP contribution is 2.29. The predicted molar refractivity (Wildman–Crippen MR) is 48.7 cm³/mol. The van der Waals surface area contributed by atoms with Gasteiger partial charge < -0.3 is 5.32 Å². The molecule has 1 fully saturated rings. The lowest BCUT2D eigenvalue weighted by Crippen LogP contribution is -2.51. The Balaban J connectivity index is 3.00. The molecule has 0 aromatic heterocycles. The summed E-state index contributed by atoms with van der Waals surface area (Å²) in [7, 11) is 0. The molecule has 1 N–H and O–H groups in total. The third-order valence-electron chi connectivity index (χ3n) is 2.64. The number of hydrogen-bond donors (Lipinski definition) is 1. The maximum atomic E-state index is 11.5. The molecule has 12 heavy (non-hydrogen) atoms. The molecule has 3 heteroatoms. The van der Waals surface area contributed by atoms with E-state index in [9.17, 15) is 4.79 Å². The van der Waals surface area contributed by atoms with E-state index in [1.165, 1.54) is 0 Å². The number of carbonyl (C=O) groups excluding carboxylic acids is 1. The van der Waals surface area contributed by atoms with Crippen LogP contribution in [0.3, 0.4) is 0 Å². The summed E-state index contributed by atoms with van der Waals surface area (Å²) in [4.78, 5) is 13.7. The molecule has 1 amide bonds. The smallest absolute Gasteiger partial charge is 0.241 e. The molecule has 0 aliphatic carbocycles. The monoisotopic (exact) mass is 170 g/mol. The van der Waals surface area contributed by atoms with Gasteiger partial charge in [-0.1, -0.05) is 6.92 Å². The topological polar surface area (TPSA) is 32.3 Å². The van der Waals surface area contributed by atoms with Gasteiger partial charge in [-0.3, -0.25) is 9.69 Å². The second-order valence-electron chi connectivity index (χ2n) is 4.32. The van der Waals surface area contributed by atoms with E-state index in [1.807, 2.05) is 27.7 Å². The first-order valence-corrected chi connectivity index (χ1v) is 4.42. The quantitative estimate of drug-likeness (QED) is 0.635. The predicted octanol–water partition coefficient (Wildman–Crippen LogP) is 0.953. The van der Waals surface area contributed by atoms with Crippen LogP contribution in [-0.2, 0) is 4.79 Å². The molecule has 0 aromatic carbocycles. The van der Waals surface area contributed by atoms with Gasteiger partial charge in [0.15, 0.2) is 0 Å². The summed E-state index contributed by atoms with van der Waals surface area (Å²) in [6.45, 7) is 10.9. The summed E-state index contributed by atoms with van der Waals surface area (Å²) in [5, 5.41) is 2.97. The molecule has 3 nitrogen and oxygen atoms in total.